The van der Waals surface area contributed by atoms with Crippen LogP contribution in [0, 0.1) is 0 Å². The number of rotatable bonds is 2. The van der Waals surface area contributed by atoms with Gasteiger partial charge in [-0.05, 0) is 37.5 Å². The molecule has 0 unspecified atom stereocenters. The maximum absolute atomic E-state index is 13.4. The fourth-order valence-electron chi connectivity index (χ4n) is 4.22. The summed E-state index contributed by atoms with van der Waals surface area (Å²) in [5.41, 5.74) is 4.04. The molecular weight excluding hydrogens is 364 g/mol. The number of nitrogens with zero attached hydrogens (tertiary/aromatic N) is 1. The predicted molar refractivity (Wildman–Crippen MR) is 103 cm³/mol. The van der Waals surface area contributed by atoms with Gasteiger partial charge in [-0.2, -0.15) is 0 Å². The third-order valence-corrected chi connectivity index (χ3v) is 5.72. The smallest absolute Gasteiger partial charge is 0.252 e. The summed E-state index contributed by atoms with van der Waals surface area (Å²) >= 11 is 6.24. The molecule has 0 spiro atoms. The highest BCUT2D eigenvalue weighted by molar-refractivity contribution is 6.30. The van der Waals surface area contributed by atoms with Crippen molar-refractivity contribution in [2.45, 2.75) is 32.1 Å². The molecular formula is C21H23ClN2O3. The topological polar surface area (TPSA) is 58.6 Å². The Labute approximate surface area is 164 Å². The number of amides is 1. The number of allylic oxidation sites excluding steroid dienone is 3. The lowest BCUT2D eigenvalue weighted by Gasteiger charge is -2.37. The largest absolute Gasteiger partial charge is 0.378 e. The van der Waals surface area contributed by atoms with Gasteiger partial charge in [0.05, 0.1) is 13.2 Å². The second-order valence-corrected chi connectivity index (χ2v) is 7.66. The molecule has 2 heterocycles. The van der Waals surface area contributed by atoms with Crippen molar-refractivity contribution < 1.29 is 14.3 Å². The molecule has 1 N–H and O–H groups in total. The lowest BCUT2D eigenvalue weighted by Crippen LogP contribution is -2.44. The Morgan fingerprint density at radius 1 is 1.26 bits per heavy atom. The van der Waals surface area contributed by atoms with Crippen molar-refractivity contribution in [3.8, 4) is 0 Å². The first-order chi connectivity index (χ1) is 13.1. The molecule has 1 aromatic rings. The summed E-state index contributed by atoms with van der Waals surface area (Å²) in [5.74, 6) is -0.283. The average molecular weight is 387 g/mol. The van der Waals surface area contributed by atoms with Gasteiger partial charge in [0.1, 0.15) is 0 Å². The molecule has 1 amide bonds. The van der Waals surface area contributed by atoms with Crippen LogP contribution in [0.1, 0.15) is 37.7 Å². The van der Waals surface area contributed by atoms with Gasteiger partial charge in [-0.3, -0.25) is 9.59 Å². The van der Waals surface area contributed by atoms with Crippen LogP contribution < -0.4 is 5.32 Å². The zero-order chi connectivity index (χ0) is 19.0. The van der Waals surface area contributed by atoms with E-state index in [1.807, 2.05) is 36.1 Å². The van der Waals surface area contributed by atoms with Crippen LogP contribution in [0.2, 0.25) is 5.02 Å². The molecule has 6 heteroatoms. The molecule has 2 aliphatic heterocycles. The zero-order valence-electron chi connectivity index (χ0n) is 15.4. The number of morpholine rings is 1. The minimum atomic E-state index is -0.372. The number of benzene rings is 1. The number of ether oxygens (including phenoxy) is 1. The van der Waals surface area contributed by atoms with Crippen LogP contribution in [0.4, 0.5) is 0 Å². The number of hydrogen-bond acceptors (Lipinski definition) is 4. The van der Waals surface area contributed by atoms with Crippen molar-refractivity contribution >= 4 is 23.3 Å². The van der Waals surface area contributed by atoms with E-state index in [0.717, 1.165) is 35.4 Å². The van der Waals surface area contributed by atoms with Crippen LogP contribution >= 0.6 is 11.6 Å². The Bertz CT molecular complexity index is 853. The van der Waals surface area contributed by atoms with E-state index < -0.39 is 0 Å². The standard InChI is InChI=1S/C21H23ClN2O3/c1-13-18(21(26)24-8-10-27-11-9-24)19(14-4-2-5-15(22)12-14)20-16(23-13)6-3-7-17(20)25/h2,4-5,12,19,23H,3,6-11H2,1H3/t19-/m1/s1. The lowest BCUT2D eigenvalue weighted by atomic mass is 9.75. The van der Waals surface area contributed by atoms with Gasteiger partial charge in [0, 0.05) is 53.0 Å². The Balaban J connectivity index is 1.82. The number of dihydropyridines is 1. The van der Waals surface area contributed by atoms with Crippen LogP contribution in [0.3, 0.4) is 0 Å². The maximum Gasteiger partial charge on any atom is 0.252 e. The third kappa shape index (κ3) is 3.42. The van der Waals surface area contributed by atoms with Gasteiger partial charge < -0.3 is 15.0 Å². The summed E-state index contributed by atoms with van der Waals surface area (Å²) in [5, 5.41) is 3.96. The van der Waals surface area contributed by atoms with E-state index in [0.29, 0.717) is 43.3 Å². The second-order valence-electron chi connectivity index (χ2n) is 7.23. The zero-order valence-corrected chi connectivity index (χ0v) is 16.1. The normalized spacial score (nSPS) is 23.3. The molecule has 1 fully saturated rings. The van der Waals surface area contributed by atoms with Gasteiger partial charge >= 0.3 is 0 Å². The first kappa shape index (κ1) is 18.3. The summed E-state index contributed by atoms with van der Waals surface area (Å²) in [6.07, 6.45) is 2.19. The summed E-state index contributed by atoms with van der Waals surface area (Å²) in [7, 11) is 0. The van der Waals surface area contributed by atoms with Gasteiger partial charge in [-0.15, -0.1) is 0 Å². The molecule has 4 rings (SSSR count). The van der Waals surface area contributed by atoms with Crippen LogP contribution in [-0.2, 0) is 14.3 Å². The first-order valence-corrected chi connectivity index (χ1v) is 9.80. The molecule has 3 aliphatic rings. The molecule has 142 valence electrons. The number of halogens is 1. The third-order valence-electron chi connectivity index (χ3n) is 5.49. The monoisotopic (exact) mass is 386 g/mol. The molecule has 1 aliphatic carbocycles. The molecule has 0 saturated carbocycles. The van der Waals surface area contributed by atoms with Crippen LogP contribution in [-0.4, -0.2) is 42.9 Å². The van der Waals surface area contributed by atoms with Crippen molar-refractivity contribution in [1.82, 2.24) is 10.2 Å². The fourth-order valence-corrected chi connectivity index (χ4v) is 4.42. The van der Waals surface area contributed by atoms with Gasteiger partial charge in [-0.1, -0.05) is 23.7 Å². The van der Waals surface area contributed by atoms with Crippen molar-refractivity contribution in [2.24, 2.45) is 0 Å². The van der Waals surface area contributed by atoms with E-state index in [9.17, 15) is 9.59 Å². The van der Waals surface area contributed by atoms with Crippen molar-refractivity contribution in [3.63, 3.8) is 0 Å². The number of nitrogens with one attached hydrogen (secondary N) is 1. The van der Waals surface area contributed by atoms with E-state index >= 15 is 0 Å². The van der Waals surface area contributed by atoms with Crippen molar-refractivity contribution in [2.75, 3.05) is 26.3 Å². The van der Waals surface area contributed by atoms with E-state index in [-0.39, 0.29) is 17.6 Å². The summed E-state index contributed by atoms with van der Waals surface area (Å²) in [6, 6.07) is 7.50. The van der Waals surface area contributed by atoms with Gasteiger partial charge in [0.2, 0.25) is 0 Å². The lowest BCUT2D eigenvalue weighted by molar-refractivity contribution is -0.131. The molecule has 0 bridgehead atoms. The minimum Gasteiger partial charge on any atom is -0.378 e. The average Bonchev–Trinajstić information content (AvgIpc) is 2.67. The Kier molecular flexibility index (Phi) is 5.06. The Morgan fingerprint density at radius 3 is 2.78 bits per heavy atom. The van der Waals surface area contributed by atoms with E-state index in [2.05, 4.69) is 5.32 Å². The van der Waals surface area contributed by atoms with E-state index in [1.165, 1.54) is 0 Å². The van der Waals surface area contributed by atoms with Gasteiger partial charge in [0.25, 0.3) is 5.91 Å². The summed E-state index contributed by atoms with van der Waals surface area (Å²) < 4.78 is 5.39. The second kappa shape index (κ2) is 7.49. The van der Waals surface area contributed by atoms with Crippen molar-refractivity contribution in [1.29, 1.82) is 0 Å². The molecule has 1 aromatic carbocycles. The molecule has 1 saturated heterocycles. The SMILES string of the molecule is CC1=C(C(=O)N2CCOCC2)[C@@H](c2cccc(Cl)c2)C2=C(CCCC2=O)N1. The molecule has 0 radical (unpaired) electrons. The van der Waals surface area contributed by atoms with E-state index in [1.54, 1.807) is 0 Å². The highest BCUT2D eigenvalue weighted by Crippen LogP contribution is 2.43. The number of Topliss-reactive ketones (excluding diaryl/α,β-unsaturated/α-hetero) is 1. The number of hydrogen-bond donors (Lipinski definition) is 1. The molecule has 5 nitrogen and oxygen atoms in total. The summed E-state index contributed by atoms with van der Waals surface area (Å²) in [6.45, 7) is 4.14. The minimum absolute atomic E-state index is 0.0294. The number of carbonyl (C=O) groups excluding carboxylic acids is 2. The highest BCUT2D eigenvalue weighted by atomic mass is 35.5. The molecule has 1 atom stereocenters. The van der Waals surface area contributed by atoms with Crippen molar-refractivity contribution in [3.05, 3.63) is 57.4 Å². The summed E-state index contributed by atoms with van der Waals surface area (Å²) in [4.78, 5) is 28.1. The predicted octanol–water partition coefficient (Wildman–Crippen LogP) is 3.17. The van der Waals surface area contributed by atoms with Crippen LogP contribution in [0.5, 0.6) is 0 Å². The van der Waals surface area contributed by atoms with Crippen LogP contribution in [0.15, 0.2) is 46.8 Å². The number of ketones is 1. The van der Waals surface area contributed by atoms with Crippen LogP contribution in [0.25, 0.3) is 0 Å². The van der Waals surface area contributed by atoms with E-state index in [4.69, 9.17) is 16.3 Å². The van der Waals surface area contributed by atoms with Gasteiger partial charge in [0.15, 0.2) is 5.78 Å². The first-order valence-electron chi connectivity index (χ1n) is 9.43. The fraction of sp³-hybridized carbons (Fsp3) is 0.429. The number of carbonyl (C=O) groups is 2. The molecule has 0 aromatic heterocycles. The highest BCUT2D eigenvalue weighted by Gasteiger charge is 2.39. The van der Waals surface area contributed by atoms with Gasteiger partial charge in [-0.25, -0.2) is 0 Å². The molecule has 27 heavy (non-hydrogen) atoms. The Morgan fingerprint density at radius 2 is 2.04 bits per heavy atom. The quantitative estimate of drug-likeness (QED) is 0.848. The maximum atomic E-state index is 13.4. The Hall–Kier alpha value is -2.11.